The Kier molecular flexibility index (Phi) is 4.47. The number of halogens is 1. The van der Waals surface area contributed by atoms with E-state index in [2.05, 4.69) is 5.32 Å². The van der Waals surface area contributed by atoms with Crippen LogP contribution in [0.4, 0.5) is 0 Å². The van der Waals surface area contributed by atoms with Crippen molar-refractivity contribution >= 4 is 17.5 Å². The van der Waals surface area contributed by atoms with Crippen LogP contribution in [0.1, 0.15) is 38.5 Å². The molecule has 1 aliphatic heterocycles. The second-order valence-electron chi connectivity index (χ2n) is 4.86. The van der Waals surface area contributed by atoms with Gasteiger partial charge in [-0.15, -0.1) is 11.6 Å². The lowest BCUT2D eigenvalue weighted by Gasteiger charge is -2.19. The van der Waals surface area contributed by atoms with Gasteiger partial charge in [-0.3, -0.25) is 4.79 Å². The van der Waals surface area contributed by atoms with Crippen LogP contribution < -0.4 is 5.32 Å². The zero-order chi connectivity index (χ0) is 11.4. The van der Waals surface area contributed by atoms with Gasteiger partial charge < -0.3 is 10.1 Å². The van der Waals surface area contributed by atoms with Gasteiger partial charge in [0.2, 0.25) is 5.91 Å². The van der Waals surface area contributed by atoms with E-state index in [1.54, 1.807) is 0 Å². The van der Waals surface area contributed by atoms with Gasteiger partial charge in [-0.2, -0.15) is 0 Å². The zero-order valence-electron chi connectivity index (χ0n) is 9.58. The number of alkyl halides is 1. The number of hydrogen-bond donors (Lipinski definition) is 1. The van der Waals surface area contributed by atoms with Gasteiger partial charge >= 0.3 is 0 Å². The Labute approximate surface area is 102 Å². The molecule has 1 heterocycles. The van der Waals surface area contributed by atoms with Crippen LogP contribution in [0.3, 0.4) is 0 Å². The molecule has 1 aliphatic carbocycles. The molecule has 3 nitrogen and oxygen atoms in total. The first-order valence-corrected chi connectivity index (χ1v) is 6.80. The topological polar surface area (TPSA) is 38.3 Å². The number of carbonyl (C=O) groups is 1. The smallest absolute Gasteiger partial charge is 0.222 e. The average Bonchev–Trinajstić information content (AvgIpc) is 2.88. The molecule has 0 bridgehead atoms. The average molecular weight is 246 g/mol. The Morgan fingerprint density at radius 2 is 2.19 bits per heavy atom. The summed E-state index contributed by atoms with van der Waals surface area (Å²) in [5.41, 5.74) is 0. The van der Waals surface area contributed by atoms with E-state index in [-0.39, 0.29) is 12.0 Å². The van der Waals surface area contributed by atoms with Gasteiger partial charge in [0.05, 0.1) is 12.5 Å². The van der Waals surface area contributed by atoms with Crippen molar-refractivity contribution in [2.75, 3.05) is 12.5 Å². The quantitative estimate of drug-likeness (QED) is 0.771. The fourth-order valence-corrected chi connectivity index (χ4v) is 3.06. The molecule has 1 amide bonds. The fraction of sp³-hybridized carbons (Fsp3) is 0.917. The Hall–Kier alpha value is -0.280. The first kappa shape index (κ1) is 12.2. The molecule has 0 aromatic rings. The lowest BCUT2D eigenvalue weighted by atomic mass is 10.1. The van der Waals surface area contributed by atoms with Crippen LogP contribution in [0.5, 0.6) is 0 Å². The maximum atomic E-state index is 11.8. The summed E-state index contributed by atoms with van der Waals surface area (Å²) in [7, 11) is 0. The van der Waals surface area contributed by atoms with Crippen molar-refractivity contribution in [1.29, 1.82) is 0 Å². The van der Waals surface area contributed by atoms with Crippen LogP contribution in [0.15, 0.2) is 0 Å². The third kappa shape index (κ3) is 3.11. The molecule has 2 aliphatic rings. The van der Waals surface area contributed by atoms with E-state index in [0.29, 0.717) is 24.3 Å². The largest absolute Gasteiger partial charge is 0.378 e. The molecular weight excluding hydrogens is 226 g/mol. The molecule has 3 unspecified atom stereocenters. The minimum absolute atomic E-state index is 0.133. The highest BCUT2D eigenvalue weighted by Crippen LogP contribution is 2.27. The Balaban J connectivity index is 1.73. The molecular formula is C12H20ClNO2. The van der Waals surface area contributed by atoms with Crippen molar-refractivity contribution in [2.24, 2.45) is 5.92 Å². The van der Waals surface area contributed by atoms with E-state index in [1.807, 2.05) is 0 Å². The number of nitrogens with one attached hydrogen (secondary N) is 1. The molecule has 0 aromatic heterocycles. The van der Waals surface area contributed by atoms with E-state index in [0.717, 1.165) is 32.3 Å². The van der Waals surface area contributed by atoms with Crippen molar-refractivity contribution in [2.45, 2.75) is 50.7 Å². The van der Waals surface area contributed by atoms with Crippen LogP contribution >= 0.6 is 11.6 Å². The molecule has 4 heteroatoms. The van der Waals surface area contributed by atoms with Crippen LogP contribution in [0, 0.1) is 5.92 Å². The van der Waals surface area contributed by atoms with Crippen LogP contribution in [-0.4, -0.2) is 30.5 Å². The van der Waals surface area contributed by atoms with E-state index >= 15 is 0 Å². The molecule has 0 aromatic carbocycles. The summed E-state index contributed by atoms with van der Waals surface area (Å²) in [6, 6.07) is 0.298. The normalized spacial score (nSPS) is 34.2. The minimum atomic E-state index is 0.133. The standard InChI is InChI=1S/C12H20ClNO2/c13-8-9-3-1-5-11(9)14-12(15)7-10-4-2-6-16-10/h9-11H,1-8H2,(H,14,15). The van der Waals surface area contributed by atoms with Gasteiger partial charge in [0, 0.05) is 18.5 Å². The maximum Gasteiger partial charge on any atom is 0.222 e. The van der Waals surface area contributed by atoms with Crippen molar-refractivity contribution < 1.29 is 9.53 Å². The van der Waals surface area contributed by atoms with E-state index in [1.165, 1.54) is 6.42 Å². The zero-order valence-corrected chi connectivity index (χ0v) is 10.3. The summed E-state index contributed by atoms with van der Waals surface area (Å²) >= 11 is 5.88. The second-order valence-corrected chi connectivity index (χ2v) is 5.17. The summed E-state index contributed by atoms with van der Waals surface area (Å²) in [4.78, 5) is 11.8. The molecule has 92 valence electrons. The summed E-state index contributed by atoms with van der Waals surface area (Å²) in [5, 5.41) is 3.10. The summed E-state index contributed by atoms with van der Waals surface area (Å²) in [6.07, 6.45) is 6.19. The van der Waals surface area contributed by atoms with Gasteiger partial charge in [-0.05, 0) is 31.6 Å². The summed E-state index contributed by atoms with van der Waals surface area (Å²) < 4.78 is 5.45. The SMILES string of the molecule is O=C(CC1CCCO1)NC1CCCC1CCl. The third-order valence-electron chi connectivity index (χ3n) is 3.64. The molecule has 1 saturated heterocycles. The second kappa shape index (κ2) is 5.87. The van der Waals surface area contributed by atoms with E-state index in [4.69, 9.17) is 16.3 Å². The Bertz CT molecular complexity index is 241. The predicted molar refractivity (Wildman–Crippen MR) is 63.6 cm³/mol. The molecule has 16 heavy (non-hydrogen) atoms. The van der Waals surface area contributed by atoms with Crippen LogP contribution in [0.2, 0.25) is 0 Å². The van der Waals surface area contributed by atoms with Crippen LogP contribution in [0.25, 0.3) is 0 Å². The minimum Gasteiger partial charge on any atom is -0.378 e. The molecule has 0 radical (unpaired) electrons. The van der Waals surface area contributed by atoms with Gasteiger partial charge in [0.15, 0.2) is 0 Å². The Morgan fingerprint density at radius 3 is 2.88 bits per heavy atom. The van der Waals surface area contributed by atoms with Gasteiger partial charge in [-0.1, -0.05) is 6.42 Å². The first-order chi connectivity index (χ1) is 7.79. The highest BCUT2D eigenvalue weighted by Gasteiger charge is 2.28. The van der Waals surface area contributed by atoms with Crippen molar-refractivity contribution in [3.63, 3.8) is 0 Å². The van der Waals surface area contributed by atoms with E-state index < -0.39 is 0 Å². The summed E-state index contributed by atoms with van der Waals surface area (Å²) in [6.45, 7) is 0.811. The number of amides is 1. The molecule has 2 rings (SSSR count). The fourth-order valence-electron chi connectivity index (χ4n) is 2.69. The molecule has 0 spiro atoms. The number of hydrogen-bond acceptors (Lipinski definition) is 2. The molecule has 2 fully saturated rings. The maximum absolute atomic E-state index is 11.8. The molecule has 3 atom stereocenters. The number of carbonyl (C=O) groups excluding carboxylic acids is 1. The number of ether oxygens (including phenoxy) is 1. The van der Waals surface area contributed by atoms with Crippen molar-refractivity contribution in [3.8, 4) is 0 Å². The lowest BCUT2D eigenvalue weighted by molar-refractivity contribution is -0.124. The monoisotopic (exact) mass is 245 g/mol. The third-order valence-corrected chi connectivity index (χ3v) is 4.04. The van der Waals surface area contributed by atoms with Crippen LogP contribution in [-0.2, 0) is 9.53 Å². The van der Waals surface area contributed by atoms with Crippen molar-refractivity contribution in [1.82, 2.24) is 5.32 Å². The van der Waals surface area contributed by atoms with E-state index in [9.17, 15) is 4.79 Å². The van der Waals surface area contributed by atoms with Gasteiger partial charge in [0.1, 0.15) is 0 Å². The molecule has 1 N–H and O–H groups in total. The number of rotatable bonds is 4. The highest BCUT2D eigenvalue weighted by atomic mass is 35.5. The van der Waals surface area contributed by atoms with Gasteiger partial charge in [-0.25, -0.2) is 0 Å². The highest BCUT2D eigenvalue weighted by molar-refractivity contribution is 6.18. The molecule has 1 saturated carbocycles. The lowest BCUT2D eigenvalue weighted by Crippen LogP contribution is -2.39. The Morgan fingerprint density at radius 1 is 1.31 bits per heavy atom. The summed E-state index contributed by atoms with van der Waals surface area (Å²) in [5.74, 6) is 1.26. The van der Waals surface area contributed by atoms with Crippen molar-refractivity contribution in [3.05, 3.63) is 0 Å². The first-order valence-electron chi connectivity index (χ1n) is 6.26. The predicted octanol–water partition coefficient (Wildman–Crippen LogP) is 2.08. The van der Waals surface area contributed by atoms with Gasteiger partial charge in [0.25, 0.3) is 0 Å².